The minimum atomic E-state index is -0.583. The maximum atomic E-state index is 15.0. The lowest BCUT2D eigenvalue weighted by Gasteiger charge is -2.14. The second-order valence-corrected chi connectivity index (χ2v) is 10.8. The molecule has 38 heavy (non-hydrogen) atoms. The van der Waals surface area contributed by atoms with Gasteiger partial charge >= 0.3 is 0 Å². The van der Waals surface area contributed by atoms with E-state index in [9.17, 15) is 4.79 Å². The summed E-state index contributed by atoms with van der Waals surface area (Å²) in [6.07, 6.45) is 6.25. The van der Waals surface area contributed by atoms with E-state index in [1.165, 1.54) is 30.5 Å². The number of nitrogens with zero attached hydrogens (tertiary/aromatic N) is 3. The summed E-state index contributed by atoms with van der Waals surface area (Å²) in [6, 6.07) is 13.7. The number of carbonyl (C=O) groups excluding carboxylic acids is 1. The third kappa shape index (κ3) is 5.86. The van der Waals surface area contributed by atoms with Gasteiger partial charge in [0.05, 0.1) is 23.1 Å². The van der Waals surface area contributed by atoms with Crippen molar-refractivity contribution in [2.75, 3.05) is 11.9 Å². The Morgan fingerprint density at radius 1 is 1.08 bits per heavy atom. The van der Waals surface area contributed by atoms with E-state index in [0.29, 0.717) is 34.7 Å². The monoisotopic (exact) mass is 514 g/mol. The lowest BCUT2D eigenvalue weighted by molar-refractivity contribution is 0.0939. The zero-order valence-corrected chi connectivity index (χ0v) is 22.4. The highest BCUT2D eigenvalue weighted by molar-refractivity contribution is 5.95. The van der Waals surface area contributed by atoms with E-state index in [1.54, 1.807) is 6.07 Å². The highest BCUT2D eigenvalue weighted by Gasteiger charge is 2.20. The molecule has 1 amide bonds. The number of amides is 1. The van der Waals surface area contributed by atoms with Crippen molar-refractivity contribution >= 4 is 17.4 Å². The van der Waals surface area contributed by atoms with E-state index >= 15 is 4.39 Å². The van der Waals surface area contributed by atoms with Crippen molar-refractivity contribution in [1.82, 2.24) is 25.0 Å². The van der Waals surface area contributed by atoms with Crippen LogP contribution in [0.15, 0.2) is 54.9 Å². The normalized spacial score (nSPS) is 13.4. The van der Waals surface area contributed by atoms with Gasteiger partial charge in [-0.2, -0.15) is 0 Å². The van der Waals surface area contributed by atoms with E-state index in [1.807, 2.05) is 30.6 Å². The quantitative estimate of drug-likeness (QED) is 0.254. The first-order valence-corrected chi connectivity index (χ1v) is 13.3. The van der Waals surface area contributed by atoms with Crippen LogP contribution in [-0.4, -0.2) is 38.9 Å². The molecule has 2 aromatic heterocycles. The molecular weight excluding hydrogens is 479 g/mol. The van der Waals surface area contributed by atoms with Crippen LogP contribution in [0.4, 0.5) is 10.2 Å². The number of anilines is 1. The Morgan fingerprint density at radius 2 is 1.82 bits per heavy atom. The molecule has 0 atom stereocenters. The summed E-state index contributed by atoms with van der Waals surface area (Å²) in [5.74, 6) is 0.0255. The van der Waals surface area contributed by atoms with E-state index in [-0.39, 0.29) is 11.6 Å². The van der Waals surface area contributed by atoms with Crippen LogP contribution in [0.5, 0.6) is 0 Å². The summed E-state index contributed by atoms with van der Waals surface area (Å²) < 4.78 is 17.0. The summed E-state index contributed by atoms with van der Waals surface area (Å²) in [5.41, 5.74) is 5.09. The SMILES string of the molecule is CC(C)CNc1nc(-c2ccc(C(=O)NC(C)C)c(F)c2)cn2c(-c3ccc(CNC4CC4)cc3)cnc12. The molecule has 0 radical (unpaired) electrons. The summed E-state index contributed by atoms with van der Waals surface area (Å²) in [7, 11) is 0. The second kappa shape index (κ2) is 10.9. The summed E-state index contributed by atoms with van der Waals surface area (Å²) in [6.45, 7) is 9.53. The van der Waals surface area contributed by atoms with Crippen LogP contribution >= 0.6 is 0 Å². The Balaban J connectivity index is 1.51. The molecule has 0 aliphatic heterocycles. The second-order valence-electron chi connectivity index (χ2n) is 10.8. The number of imidazole rings is 1. The number of nitrogens with one attached hydrogen (secondary N) is 3. The van der Waals surface area contributed by atoms with Crippen LogP contribution < -0.4 is 16.0 Å². The molecule has 0 bridgehead atoms. The molecule has 0 saturated heterocycles. The average Bonchev–Trinajstić information content (AvgIpc) is 3.62. The van der Waals surface area contributed by atoms with Crippen molar-refractivity contribution in [3.05, 3.63) is 71.8 Å². The van der Waals surface area contributed by atoms with E-state index in [4.69, 9.17) is 4.98 Å². The van der Waals surface area contributed by atoms with Crippen molar-refractivity contribution in [2.24, 2.45) is 5.92 Å². The highest BCUT2D eigenvalue weighted by atomic mass is 19.1. The van der Waals surface area contributed by atoms with Crippen molar-refractivity contribution < 1.29 is 9.18 Å². The number of hydrogen-bond acceptors (Lipinski definition) is 5. The van der Waals surface area contributed by atoms with Gasteiger partial charge in [0.25, 0.3) is 5.91 Å². The summed E-state index contributed by atoms with van der Waals surface area (Å²) in [5, 5.41) is 9.70. The van der Waals surface area contributed by atoms with E-state index in [2.05, 4.69) is 59.0 Å². The minimum Gasteiger partial charge on any atom is -0.367 e. The number of rotatable bonds is 10. The maximum absolute atomic E-state index is 15.0. The Hall–Kier alpha value is -3.78. The van der Waals surface area contributed by atoms with Gasteiger partial charge in [0, 0.05) is 42.5 Å². The molecule has 1 aliphatic carbocycles. The molecule has 2 aromatic carbocycles. The molecule has 4 aromatic rings. The fourth-order valence-electron chi connectivity index (χ4n) is 4.30. The third-order valence-electron chi connectivity index (χ3n) is 6.52. The maximum Gasteiger partial charge on any atom is 0.254 e. The summed E-state index contributed by atoms with van der Waals surface area (Å²) >= 11 is 0. The predicted octanol–water partition coefficient (Wildman–Crippen LogP) is 5.66. The number of hydrogen-bond donors (Lipinski definition) is 3. The topological polar surface area (TPSA) is 83.4 Å². The van der Waals surface area contributed by atoms with Crippen molar-refractivity contribution in [1.29, 1.82) is 0 Å². The fourth-order valence-corrected chi connectivity index (χ4v) is 4.30. The van der Waals surface area contributed by atoms with Gasteiger partial charge in [-0.15, -0.1) is 0 Å². The first-order chi connectivity index (χ1) is 18.3. The molecule has 2 heterocycles. The molecule has 0 unspecified atom stereocenters. The lowest BCUT2D eigenvalue weighted by Crippen LogP contribution is -2.30. The summed E-state index contributed by atoms with van der Waals surface area (Å²) in [4.78, 5) is 21.9. The van der Waals surface area contributed by atoms with Crippen molar-refractivity contribution in [3.8, 4) is 22.5 Å². The molecule has 7 nitrogen and oxygen atoms in total. The van der Waals surface area contributed by atoms with Crippen LogP contribution in [-0.2, 0) is 6.54 Å². The number of fused-ring (bicyclic) bond motifs is 1. The predicted molar refractivity (Wildman–Crippen MR) is 150 cm³/mol. The van der Waals surface area contributed by atoms with Gasteiger partial charge in [-0.25, -0.2) is 14.4 Å². The highest BCUT2D eigenvalue weighted by Crippen LogP contribution is 2.29. The number of benzene rings is 2. The molecule has 8 heteroatoms. The number of halogens is 1. The van der Waals surface area contributed by atoms with Gasteiger partial charge in [0.15, 0.2) is 11.5 Å². The van der Waals surface area contributed by atoms with Crippen molar-refractivity contribution in [2.45, 2.75) is 59.2 Å². The largest absolute Gasteiger partial charge is 0.367 e. The van der Waals surface area contributed by atoms with E-state index < -0.39 is 11.7 Å². The number of carbonyl (C=O) groups is 1. The Bertz CT molecular complexity index is 1440. The zero-order chi connectivity index (χ0) is 26.8. The smallest absolute Gasteiger partial charge is 0.254 e. The lowest BCUT2D eigenvalue weighted by atomic mass is 10.1. The standard InChI is InChI=1S/C30H35FN6O/c1-18(2)14-33-28-29-34-16-27(21-7-5-20(6-8-21)15-32-23-10-11-23)37(29)17-26(36-28)22-9-12-24(25(31)13-22)30(38)35-19(3)4/h5-9,12-13,16-19,23,32H,10-11,14-15H2,1-4H3,(H,33,36)(H,35,38). The van der Waals surface area contributed by atoms with Gasteiger partial charge in [0.2, 0.25) is 0 Å². The van der Waals surface area contributed by atoms with Gasteiger partial charge in [-0.05, 0) is 50.3 Å². The zero-order valence-electron chi connectivity index (χ0n) is 22.4. The molecule has 3 N–H and O–H groups in total. The minimum absolute atomic E-state index is 0.0151. The third-order valence-corrected chi connectivity index (χ3v) is 6.52. The van der Waals surface area contributed by atoms with Crippen LogP contribution in [0, 0.1) is 11.7 Å². The van der Waals surface area contributed by atoms with Crippen LogP contribution in [0.3, 0.4) is 0 Å². The van der Waals surface area contributed by atoms with Gasteiger partial charge in [-0.3, -0.25) is 9.20 Å². The Kier molecular flexibility index (Phi) is 7.42. The van der Waals surface area contributed by atoms with Gasteiger partial charge in [-0.1, -0.05) is 44.2 Å². The van der Waals surface area contributed by atoms with Gasteiger partial charge in [0.1, 0.15) is 5.82 Å². The number of aromatic nitrogens is 3. The van der Waals surface area contributed by atoms with Crippen LogP contribution in [0.1, 0.15) is 56.5 Å². The van der Waals surface area contributed by atoms with E-state index in [0.717, 1.165) is 24.3 Å². The first-order valence-electron chi connectivity index (χ1n) is 13.3. The molecular formula is C30H35FN6O. The molecule has 1 aliphatic rings. The molecule has 5 rings (SSSR count). The van der Waals surface area contributed by atoms with Crippen LogP contribution in [0.2, 0.25) is 0 Å². The fraction of sp³-hybridized carbons (Fsp3) is 0.367. The molecule has 1 fully saturated rings. The Morgan fingerprint density at radius 3 is 2.47 bits per heavy atom. The van der Waals surface area contributed by atoms with Crippen molar-refractivity contribution in [3.63, 3.8) is 0 Å². The van der Waals surface area contributed by atoms with Crippen LogP contribution in [0.25, 0.3) is 28.2 Å². The Labute approximate surface area is 222 Å². The average molecular weight is 515 g/mol. The first kappa shape index (κ1) is 25.9. The van der Waals surface area contributed by atoms with Gasteiger partial charge < -0.3 is 16.0 Å². The molecule has 1 saturated carbocycles. The molecule has 198 valence electrons. The molecule has 0 spiro atoms.